The highest BCUT2D eigenvalue weighted by Crippen LogP contribution is 2.20. The highest BCUT2D eigenvalue weighted by molar-refractivity contribution is 6.33. The van der Waals surface area contributed by atoms with E-state index in [9.17, 15) is 14.0 Å². The first kappa shape index (κ1) is 15.7. The Morgan fingerprint density at radius 1 is 1.43 bits per heavy atom. The lowest BCUT2D eigenvalue weighted by Gasteiger charge is -2.25. The number of hydrogen-bond acceptors (Lipinski definition) is 3. The fraction of sp³-hybridized carbons (Fsp3) is 0.312. The van der Waals surface area contributed by atoms with Gasteiger partial charge in [0.1, 0.15) is 5.82 Å². The number of benzene rings is 1. The van der Waals surface area contributed by atoms with Crippen molar-refractivity contribution in [3.8, 4) is 0 Å². The van der Waals surface area contributed by atoms with Crippen LogP contribution in [0, 0.1) is 5.82 Å². The van der Waals surface area contributed by atoms with Crippen LogP contribution < -0.4 is 10.9 Å². The van der Waals surface area contributed by atoms with E-state index in [1.165, 1.54) is 16.8 Å². The second kappa shape index (κ2) is 6.12. The van der Waals surface area contributed by atoms with E-state index in [1.807, 2.05) is 0 Å². The predicted octanol–water partition coefficient (Wildman–Crippen LogP) is 1.86. The maximum absolute atomic E-state index is 13.1. The van der Waals surface area contributed by atoms with E-state index in [1.54, 1.807) is 13.1 Å². The SMILES string of the molecule is Cn1nc2c(cc1=O)C[C@@H](NC(=O)c1ccc(F)cc1Cl)CC2. The van der Waals surface area contributed by atoms with Gasteiger partial charge in [-0.1, -0.05) is 11.6 Å². The number of nitrogens with one attached hydrogen (secondary N) is 1. The summed E-state index contributed by atoms with van der Waals surface area (Å²) in [5, 5.41) is 7.20. The molecule has 1 amide bonds. The minimum Gasteiger partial charge on any atom is -0.349 e. The van der Waals surface area contributed by atoms with Gasteiger partial charge in [-0.25, -0.2) is 9.07 Å². The molecule has 1 heterocycles. The van der Waals surface area contributed by atoms with Gasteiger partial charge in [-0.05, 0) is 43.0 Å². The molecular formula is C16H15ClFN3O2. The number of fused-ring (bicyclic) bond motifs is 1. The van der Waals surface area contributed by atoms with E-state index in [-0.39, 0.29) is 28.1 Å². The van der Waals surface area contributed by atoms with Gasteiger partial charge in [0.2, 0.25) is 0 Å². The summed E-state index contributed by atoms with van der Waals surface area (Å²) in [7, 11) is 1.62. The molecule has 120 valence electrons. The Morgan fingerprint density at radius 3 is 2.96 bits per heavy atom. The van der Waals surface area contributed by atoms with Crippen molar-refractivity contribution in [2.75, 3.05) is 0 Å². The maximum Gasteiger partial charge on any atom is 0.266 e. The lowest BCUT2D eigenvalue weighted by atomic mass is 9.92. The first-order chi connectivity index (χ1) is 10.9. The van der Waals surface area contributed by atoms with Gasteiger partial charge in [-0.3, -0.25) is 9.59 Å². The summed E-state index contributed by atoms with van der Waals surface area (Å²) >= 11 is 5.91. The van der Waals surface area contributed by atoms with Crippen molar-refractivity contribution in [3.05, 3.63) is 62.3 Å². The molecule has 1 atom stereocenters. The molecule has 1 aliphatic rings. The number of carbonyl (C=O) groups is 1. The van der Waals surface area contributed by atoms with Gasteiger partial charge in [-0.15, -0.1) is 0 Å². The van der Waals surface area contributed by atoms with E-state index in [0.717, 1.165) is 23.7 Å². The predicted molar refractivity (Wildman–Crippen MR) is 84.2 cm³/mol. The third-order valence-corrected chi connectivity index (χ3v) is 4.28. The first-order valence-corrected chi connectivity index (χ1v) is 7.64. The van der Waals surface area contributed by atoms with E-state index < -0.39 is 5.82 Å². The molecule has 0 fully saturated rings. The van der Waals surface area contributed by atoms with Gasteiger partial charge < -0.3 is 5.32 Å². The van der Waals surface area contributed by atoms with Crippen molar-refractivity contribution in [1.82, 2.24) is 15.1 Å². The highest BCUT2D eigenvalue weighted by Gasteiger charge is 2.23. The lowest BCUT2D eigenvalue weighted by molar-refractivity contribution is 0.0933. The van der Waals surface area contributed by atoms with Crippen molar-refractivity contribution < 1.29 is 9.18 Å². The quantitative estimate of drug-likeness (QED) is 0.911. The van der Waals surface area contributed by atoms with E-state index in [2.05, 4.69) is 10.4 Å². The molecule has 0 bridgehead atoms. The third-order valence-electron chi connectivity index (χ3n) is 3.96. The number of amides is 1. The summed E-state index contributed by atoms with van der Waals surface area (Å²) in [5.74, 6) is -0.833. The number of hydrogen-bond donors (Lipinski definition) is 1. The third kappa shape index (κ3) is 3.27. The van der Waals surface area contributed by atoms with Crippen molar-refractivity contribution in [2.45, 2.75) is 25.3 Å². The highest BCUT2D eigenvalue weighted by atomic mass is 35.5. The molecule has 0 spiro atoms. The van der Waals surface area contributed by atoms with Gasteiger partial charge in [-0.2, -0.15) is 5.10 Å². The Hall–Kier alpha value is -2.21. The average molecular weight is 336 g/mol. The minimum absolute atomic E-state index is 0.0780. The molecule has 7 heteroatoms. The molecule has 3 rings (SSSR count). The monoisotopic (exact) mass is 335 g/mol. The number of halogens is 2. The van der Waals surface area contributed by atoms with Gasteiger partial charge >= 0.3 is 0 Å². The van der Waals surface area contributed by atoms with Gasteiger partial charge in [0.05, 0.1) is 16.3 Å². The lowest BCUT2D eigenvalue weighted by Crippen LogP contribution is -2.40. The first-order valence-electron chi connectivity index (χ1n) is 7.26. The summed E-state index contributed by atoms with van der Waals surface area (Å²) in [4.78, 5) is 24.0. The van der Waals surface area contributed by atoms with Crippen LogP contribution in [0.4, 0.5) is 4.39 Å². The molecule has 1 aromatic carbocycles. The van der Waals surface area contributed by atoms with Crippen LogP contribution in [-0.4, -0.2) is 21.7 Å². The van der Waals surface area contributed by atoms with Crippen LogP contribution in [0.25, 0.3) is 0 Å². The largest absolute Gasteiger partial charge is 0.349 e. The minimum atomic E-state index is -0.486. The van der Waals surface area contributed by atoms with Gasteiger partial charge in [0.25, 0.3) is 11.5 Å². The van der Waals surface area contributed by atoms with E-state index >= 15 is 0 Å². The number of carbonyl (C=O) groups excluding carboxylic acids is 1. The Kier molecular flexibility index (Phi) is 4.17. The summed E-state index contributed by atoms with van der Waals surface area (Å²) in [6.07, 6.45) is 1.96. The molecule has 2 aromatic rings. The topological polar surface area (TPSA) is 64.0 Å². The van der Waals surface area contributed by atoms with Crippen molar-refractivity contribution in [3.63, 3.8) is 0 Å². The maximum atomic E-state index is 13.1. The number of rotatable bonds is 2. The Morgan fingerprint density at radius 2 is 2.22 bits per heavy atom. The second-order valence-electron chi connectivity index (χ2n) is 5.62. The Balaban J connectivity index is 1.75. The van der Waals surface area contributed by atoms with Crippen molar-refractivity contribution in [2.24, 2.45) is 7.05 Å². The number of aryl methyl sites for hydroxylation is 2. The number of nitrogens with zero attached hydrogens (tertiary/aromatic N) is 2. The van der Waals surface area contributed by atoms with Gasteiger partial charge in [0, 0.05) is 19.2 Å². The van der Waals surface area contributed by atoms with E-state index in [0.29, 0.717) is 12.8 Å². The fourth-order valence-electron chi connectivity index (χ4n) is 2.75. The molecule has 0 saturated heterocycles. The van der Waals surface area contributed by atoms with Crippen molar-refractivity contribution in [1.29, 1.82) is 0 Å². The van der Waals surface area contributed by atoms with Crippen LogP contribution in [0.5, 0.6) is 0 Å². The summed E-state index contributed by atoms with van der Waals surface area (Å²) in [6.45, 7) is 0. The molecule has 5 nitrogen and oxygen atoms in total. The van der Waals surface area contributed by atoms with Crippen LogP contribution in [0.2, 0.25) is 5.02 Å². The fourth-order valence-corrected chi connectivity index (χ4v) is 3.00. The second-order valence-corrected chi connectivity index (χ2v) is 6.02. The zero-order valence-corrected chi connectivity index (χ0v) is 13.2. The molecule has 0 saturated carbocycles. The standard InChI is InChI=1S/C16H15ClFN3O2/c1-21-15(22)7-9-6-11(3-5-14(9)20-21)19-16(23)12-4-2-10(18)8-13(12)17/h2,4,7-8,11H,3,5-6H2,1H3,(H,19,23)/t11-/m0/s1. The van der Waals surface area contributed by atoms with Crippen LogP contribution >= 0.6 is 11.6 Å². The molecule has 1 aliphatic carbocycles. The van der Waals surface area contributed by atoms with Crippen LogP contribution in [0.15, 0.2) is 29.1 Å². The van der Waals surface area contributed by atoms with Crippen LogP contribution in [0.1, 0.15) is 28.0 Å². The molecule has 1 N–H and O–H groups in total. The summed E-state index contributed by atoms with van der Waals surface area (Å²) in [5.41, 5.74) is 1.81. The molecule has 1 aromatic heterocycles. The van der Waals surface area contributed by atoms with E-state index in [4.69, 9.17) is 11.6 Å². The number of aromatic nitrogens is 2. The molecule has 0 aliphatic heterocycles. The smallest absolute Gasteiger partial charge is 0.266 e. The van der Waals surface area contributed by atoms with Gasteiger partial charge in [0.15, 0.2) is 0 Å². The molecule has 0 radical (unpaired) electrons. The van der Waals surface area contributed by atoms with Crippen LogP contribution in [0.3, 0.4) is 0 Å². The Labute approximate surface area is 137 Å². The normalized spacial score (nSPS) is 16.7. The van der Waals surface area contributed by atoms with Crippen molar-refractivity contribution >= 4 is 17.5 Å². The zero-order valence-electron chi connectivity index (χ0n) is 12.5. The molecule has 0 unspecified atom stereocenters. The summed E-state index contributed by atoms with van der Waals surface area (Å²) in [6, 6.07) is 5.13. The van der Waals surface area contributed by atoms with Crippen LogP contribution in [-0.2, 0) is 19.9 Å². The molecule has 23 heavy (non-hydrogen) atoms. The molecular weight excluding hydrogens is 321 g/mol. The zero-order chi connectivity index (χ0) is 16.6. The Bertz CT molecular complexity index is 835. The summed E-state index contributed by atoms with van der Waals surface area (Å²) < 4.78 is 14.4. The average Bonchev–Trinajstić information content (AvgIpc) is 2.48.